The predicted octanol–water partition coefficient (Wildman–Crippen LogP) is 32.5. The third kappa shape index (κ3) is 11.6. The maximum Gasteiger partial charge on any atom is 0.136 e. The zero-order chi connectivity index (χ0) is 78.7. The third-order valence-electron chi connectivity index (χ3n) is 25.1. The van der Waals surface area contributed by atoms with Crippen LogP contribution in [0.25, 0.3) is 165 Å². The fourth-order valence-electron chi connectivity index (χ4n) is 19.4. The smallest absolute Gasteiger partial charge is 0.136 e. The molecule has 2 aliphatic rings. The minimum Gasteiger partial charge on any atom is -0.456 e. The molecule has 2 aliphatic carbocycles. The lowest BCUT2D eigenvalue weighted by Gasteiger charge is -2.31. The molecular weight excluding hydrogens is 1450 g/mol. The van der Waals surface area contributed by atoms with E-state index in [4.69, 9.17) is 4.42 Å². The Balaban J connectivity index is 0.689. The highest BCUT2D eigenvalue weighted by molar-refractivity contribution is 7.26. The van der Waals surface area contributed by atoms with Crippen LogP contribution in [0.4, 0.5) is 34.1 Å². The monoisotopic (exact) mass is 1520 g/mol. The van der Waals surface area contributed by atoms with Crippen molar-refractivity contribution in [2.75, 3.05) is 9.80 Å². The number of fused-ring (bicyclic) bond motifs is 12. The van der Waals surface area contributed by atoms with Crippen molar-refractivity contribution in [2.45, 2.75) is 38.5 Å². The molecule has 0 spiro atoms. The number of thiophene rings is 1. The number of hydrogen-bond donors (Lipinski definition) is 0. The van der Waals surface area contributed by atoms with Crippen molar-refractivity contribution >= 4 is 87.6 Å². The van der Waals surface area contributed by atoms with Crippen LogP contribution in [-0.4, -0.2) is 0 Å². The lowest BCUT2D eigenvalue weighted by atomic mass is 9.82. The first-order valence-electron chi connectivity index (χ1n) is 40.9. The summed E-state index contributed by atoms with van der Waals surface area (Å²) in [5.41, 5.74) is 38.9. The van der Waals surface area contributed by atoms with Crippen LogP contribution < -0.4 is 9.80 Å². The number of para-hydroxylation sites is 1. The average Bonchev–Trinajstić information content (AvgIpc) is 1.52. The molecule has 18 aromatic carbocycles. The van der Waals surface area contributed by atoms with Gasteiger partial charge in [0.1, 0.15) is 11.2 Å². The van der Waals surface area contributed by atoms with Crippen molar-refractivity contribution < 1.29 is 4.42 Å². The molecule has 0 aliphatic heterocycles. The van der Waals surface area contributed by atoms with Gasteiger partial charge in [0, 0.05) is 81.2 Å². The van der Waals surface area contributed by atoms with Crippen LogP contribution in [0.2, 0.25) is 0 Å². The Morgan fingerprint density at radius 3 is 1.18 bits per heavy atom. The van der Waals surface area contributed by atoms with Gasteiger partial charge in [0.25, 0.3) is 0 Å². The molecule has 0 unspecified atom stereocenters. The minimum absolute atomic E-state index is 0.220. The van der Waals surface area contributed by atoms with Crippen LogP contribution in [0.5, 0.6) is 0 Å². The number of benzene rings is 18. The molecule has 0 N–H and O–H groups in total. The van der Waals surface area contributed by atoms with Gasteiger partial charge in [-0.15, -0.1) is 11.3 Å². The molecule has 0 radical (unpaired) electrons. The molecule has 558 valence electrons. The van der Waals surface area contributed by atoms with Gasteiger partial charge < -0.3 is 14.2 Å². The highest BCUT2D eigenvalue weighted by Crippen LogP contribution is 2.58. The summed E-state index contributed by atoms with van der Waals surface area (Å²) in [7, 11) is 0. The third-order valence-corrected chi connectivity index (χ3v) is 26.3. The van der Waals surface area contributed by atoms with Gasteiger partial charge in [0.2, 0.25) is 0 Å². The molecule has 118 heavy (non-hydrogen) atoms. The summed E-state index contributed by atoms with van der Waals surface area (Å²) in [6.45, 7) is 9.61. The normalized spacial score (nSPS) is 12.9. The quantitative estimate of drug-likeness (QED) is 0.102. The molecule has 3 nitrogen and oxygen atoms in total. The maximum absolute atomic E-state index is 6.47. The Morgan fingerprint density at radius 2 is 0.610 bits per heavy atom. The summed E-state index contributed by atoms with van der Waals surface area (Å²) >= 11 is 1.89. The molecular formula is C114H80N2OS. The van der Waals surface area contributed by atoms with Gasteiger partial charge in [0.15, 0.2) is 0 Å². The van der Waals surface area contributed by atoms with E-state index in [1.165, 1.54) is 109 Å². The maximum atomic E-state index is 6.47. The van der Waals surface area contributed by atoms with Crippen molar-refractivity contribution in [3.63, 3.8) is 0 Å². The minimum atomic E-state index is -0.365. The second-order valence-corrected chi connectivity index (χ2v) is 33.6. The summed E-state index contributed by atoms with van der Waals surface area (Å²) in [6.07, 6.45) is 0. The zero-order valence-corrected chi connectivity index (χ0v) is 66.8. The second kappa shape index (κ2) is 28.2. The molecule has 2 aromatic heterocycles. The Morgan fingerprint density at radius 1 is 0.220 bits per heavy atom. The Kier molecular flexibility index (Phi) is 16.8. The van der Waals surface area contributed by atoms with E-state index >= 15 is 0 Å². The van der Waals surface area contributed by atoms with E-state index in [0.717, 1.165) is 112 Å². The second-order valence-electron chi connectivity index (χ2n) is 32.5. The largest absolute Gasteiger partial charge is 0.456 e. The number of anilines is 6. The van der Waals surface area contributed by atoms with Crippen LogP contribution >= 0.6 is 11.3 Å². The molecule has 0 atom stereocenters. The lowest BCUT2D eigenvalue weighted by molar-refractivity contribution is 0.660. The zero-order valence-electron chi connectivity index (χ0n) is 66.0. The van der Waals surface area contributed by atoms with Crippen molar-refractivity contribution in [3.8, 4) is 122 Å². The number of nitrogens with zero attached hydrogens (tertiary/aromatic N) is 2. The summed E-state index contributed by atoms with van der Waals surface area (Å²) < 4.78 is 9.02. The molecule has 22 rings (SSSR count). The topological polar surface area (TPSA) is 19.6 Å². The van der Waals surface area contributed by atoms with Gasteiger partial charge >= 0.3 is 0 Å². The first-order chi connectivity index (χ1) is 58.1. The van der Waals surface area contributed by atoms with Crippen LogP contribution in [0, 0.1) is 0 Å². The van der Waals surface area contributed by atoms with Crippen LogP contribution in [-0.2, 0) is 10.8 Å². The molecule has 20 aromatic rings. The van der Waals surface area contributed by atoms with Crippen molar-refractivity contribution in [2.24, 2.45) is 0 Å². The SMILES string of the molecule is CC1(C)c2ccccc2-c2ccc(N(c3ccc(-c4cc(-c5ccc6c(c5)-c5ccc(N(c7ccc(-c8cccc9oc%10ccccc%10c89)cc7)c7cccc(-c8ccccc8)c7-c7ccccc7-c7ccccc7)cc5C6(C)C)c5sc6ccccc6c5c4)cc3)c3cccc(-c4ccccc4)c3-c3ccccc3-c3ccccc3)cc21. The molecule has 0 amide bonds. The molecule has 4 heteroatoms. The van der Waals surface area contributed by atoms with Gasteiger partial charge in [0.05, 0.1) is 11.4 Å². The van der Waals surface area contributed by atoms with Crippen molar-refractivity contribution in [1.82, 2.24) is 0 Å². The highest BCUT2D eigenvalue weighted by atomic mass is 32.1. The number of hydrogen-bond acceptors (Lipinski definition) is 4. The molecule has 0 fully saturated rings. The fraction of sp³-hybridized carbons (Fsp3) is 0.0526. The summed E-state index contributed by atoms with van der Waals surface area (Å²) in [5.74, 6) is 0. The predicted molar refractivity (Wildman–Crippen MR) is 500 cm³/mol. The average molecular weight is 1530 g/mol. The van der Waals surface area contributed by atoms with E-state index in [1.54, 1.807) is 0 Å². The lowest BCUT2D eigenvalue weighted by Crippen LogP contribution is -2.17. The van der Waals surface area contributed by atoms with Gasteiger partial charge in [-0.3, -0.25) is 0 Å². The Bertz CT molecular complexity index is 7340. The number of furan rings is 1. The van der Waals surface area contributed by atoms with Gasteiger partial charge in [-0.25, -0.2) is 0 Å². The van der Waals surface area contributed by atoms with E-state index in [2.05, 4.69) is 444 Å². The van der Waals surface area contributed by atoms with Gasteiger partial charge in [-0.1, -0.05) is 343 Å². The Labute approximate surface area is 692 Å². The summed E-state index contributed by atoms with van der Waals surface area (Å²) in [4.78, 5) is 5.04. The van der Waals surface area contributed by atoms with E-state index < -0.39 is 0 Å². The van der Waals surface area contributed by atoms with Crippen molar-refractivity contribution in [1.29, 1.82) is 0 Å². The standard InChI is InChI=1S/C114H80N2OS/c1-113(2)100-48-24-21-40-90(100)91-65-63-83(71-102(91)113)115(104-49-27-45-87(76-34-13-7-14-35-76)109(104)94-42-19-17-38-85(94)74-30-9-5-10-31-74)81-59-54-73(55-60-81)80-69-97(112-99(70-80)93-41-23-26-53-108(93)118-112)79-58-67-101-98(68-79)92-66-64-84(72-103(92)114(101,3)4)116(82-61-56-78(57-62-82)89-47-29-52-107-111(89)96-44-22-25-51-106(96)117-107)105-50-28-46-88(77-36-15-8-16-37-77)110(105)95-43-20-18-39-86(95)75-32-11-6-12-33-75/h5-72H,1-4H3. The van der Waals surface area contributed by atoms with Crippen LogP contribution in [0.3, 0.4) is 0 Å². The summed E-state index contributed by atoms with van der Waals surface area (Å²) in [5, 5.41) is 4.76. The van der Waals surface area contributed by atoms with E-state index in [-0.39, 0.29) is 10.8 Å². The Hall–Kier alpha value is -14.4. The number of rotatable bonds is 15. The van der Waals surface area contributed by atoms with Gasteiger partial charge in [-0.05, 0) is 225 Å². The van der Waals surface area contributed by atoms with E-state index in [9.17, 15) is 0 Å². The molecule has 0 saturated carbocycles. The fourth-order valence-corrected chi connectivity index (χ4v) is 20.6. The van der Waals surface area contributed by atoms with Gasteiger partial charge in [-0.2, -0.15) is 0 Å². The molecule has 0 saturated heterocycles. The molecule has 0 bridgehead atoms. The first kappa shape index (κ1) is 70.2. The van der Waals surface area contributed by atoms with Crippen molar-refractivity contribution in [3.05, 3.63) is 435 Å². The van der Waals surface area contributed by atoms with Crippen LogP contribution in [0.1, 0.15) is 49.9 Å². The first-order valence-corrected chi connectivity index (χ1v) is 41.7. The van der Waals surface area contributed by atoms with E-state index in [1.807, 2.05) is 17.4 Å². The van der Waals surface area contributed by atoms with Crippen LogP contribution in [0.15, 0.2) is 417 Å². The highest BCUT2D eigenvalue weighted by Gasteiger charge is 2.39. The summed E-state index contributed by atoms with van der Waals surface area (Å²) in [6, 6.07) is 153. The van der Waals surface area contributed by atoms with E-state index in [0.29, 0.717) is 0 Å². The molecule has 2 heterocycles.